The van der Waals surface area contributed by atoms with Crippen LogP contribution in [0.4, 0.5) is 54.4 Å². The van der Waals surface area contributed by atoms with Gasteiger partial charge in [-0.15, -0.1) is 0 Å². The molecule has 0 aromatic heterocycles. The van der Waals surface area contributed by atoms with E-state index >= 15 is 0 Å². The third kappa shape index (κ3) is 8.09. The molecule has 1 heterocycles. The lowest BCUT2D eigenvalue weighted by Crippen LogP contribution is -2.58. The maximum atomic E-state index is 14.6. The van der Waals surface area contributed by atoms with Crippen molar-refractivity contribution in [2.24, 2.45) is 11.7 Å². The van der Waals surface area contributed by atoms with Crippen molar-refractivity contribution < 1.29 is 53.8 Å². The number of anilines is 1. The van der Waals surface area contributed by atoms with Gasteiger partial charge in [-0.3, -0.25) is 4.90 Å². The quantitative estimate of drug-likeness (QED) is 0.269. The Morgan fingerprint density at radius 1 is 0.907 bits per heavy atom. The van der Waals surface area contributed by atoms with Gasteiger partial charge in [-0.25, -0.2) is 9.18 Å². The topological polar surface area (TPSA) is 90.6 Å². The number of amides is 2. The molecule has 0 radical (unpaired) electrons. The SMILES string of the molecule is CC(N)(CNC(=O)Nc1ccc(CC2CCN(Cc3ccc(C(O)(C(F)(F)F)C(F)(F)F)cc3)CC2)cc1F)C(F)(F)F. The van der Waals surface area contributed by atoms with E-state index in [2.05, 4.69) is 5.32 Å². The second-order valence-electron chi connectivity index (χ2n) is 10.9. The Labute approximate surface area is 240 Å². The predicted octanol–water partition coefficient (Wildman–Crippen LogP) is 5.99. The number of carbonyl (C=O) groups excluding carboxylic acids is 1. The molecule has 0 aliphatic carbocycles. The average molecular weight is 633 g/mol. The smallest absolute Gasteiger partial charge is 0.369 e. The van der Waals surface area contributed by atoms with Crippen molar-refractivity contribution >= 4 is 11.7 Å². The number of hydrogen-bond donors (Lipinski definition) is 4. The molecule has 2 amide bonds. The van der Waals surface area contributed by atoms with Crippen molar-refractivity contribution in [3.63, 3.8) is 0 Å². The summed E-state index contributed by atoms with van der Waals surface area (Å²) in [5.41, 5.74) is -3.01. The van der Waals surface area contributed by atoms with Crippen LogP contribution in [-0.4, -0.2) is 59.7 Å². The standard InChI is InChI=1S/C27H30F10N4O2/c1-23(38,25(29,30)31)15-39-22(42)40-21-7-4-18(13-20(21)28)12-16-8-10-41(11-9-16)14-17-2-5-19(6-3-17)24(43,26(32,33)34)27(35,36)37/h2-7,13,16,43H,8-12,14-15,38H2,1H3,(H2,39,40,42). The summed E-state index contributed by atoms with van der Waals surface area (Å²) in [5, 5.41) is 13.6. The first-order valence-electron chi connectivity index (χ1n) is 13.0. The number of rotatable bonds is 8. The molecule has 16 heteroatoms. The first-order chi connectivity index (χ1) is 19.6. The second-order valence-corrected chi connectivity index (χ2v) is 10.9. The molecule has 43 heavy (non-hydrogen) atoms. The van der Waals surface area contributed by atoms with Gasteiger partial charge < -0.3 is 21.5 Å². The Morgan fingerprint density at radius 2 is 1.44 bits per heavy atom. The fourth-order valence-electron chi connectivity index (χ4n) is 4.60. The highest BCUT2D eigenvalue weighted by molar-refractivity contribution is 5.89. The number of piperidine rings is 1. The number of nitrogens with zero attached hydrogens (tertiary/aromatic N) is 1. The fraction of sp³-hybridized carbons (Fsp3) is 0.519. The molecule has 2 aromatic carbocycles. The lowest BCUT2D eigenvalue weighted by molar-refractivity contribution is -0.376. The Balaban J connectivity index is 1.51. The summed E-state index contributed by atoms with van der Waals surface area (Å²) < 4.78 is 132. The van der Waals surface area contributed by atoms with E-state index in [9.17, 15) is 53.8 Å². The first-order valence-corrected chi connectivity index (χ1v) is 13.0. The first kappa shape index (κ1) is 34.4. The van der Waals surface area contributed by atoms with E-state index in [-0.39, 0.29) is 18.2 Å². The van der Waals surface area contributed by atoms with E-state index in [4.69, 9.17) is 5.73 Å². The number of urea groups is 1. The van der Waals surface area contributed by atoms with Gasteiger partial charge in [0.15, 0.2) is 0 Å². The molecule has 6 nitrogen and oxygen atoms in total. The van der Waals surface area contributed by atoms with Crippen LogP contribution >= 0.6 is 0 Å². The molecule has 5 N–H and O–H groups in total. The van der Waals surface area contributed by atoms with E-state index in [0.29, 0.717) is 62.5 Å². The molecule has 1 atom stereocenters. The minimum absolute atomic E-state index is 0.137. The molecular formula is C27H30F10N4O2. The van der Waals surface area contributed by atoms with Crippen LogP contribution in [0.15, 0.2) is 42.5 Å². The highest BCUT2D eigenvalue weighted by Gasteiger charge is 2.71. The summed E-state index contributed by atoms with van der Waals surface area (Å²) in [6.07, 6.45) is -14.9. The third-order valence-electron chi connectivity index (χ3n) is 7.38. The summed E-state index contributed by atoms with van der Waals surface area (Å²) in [6.45, 7) is 1.15. The molecule has 0 saturated carbocycles. The van der Waals surface area contributed by atoms with Gasteiger partial charge in [0.25, 0.3) is 5.60 Å². The zero-order valence-electron chi connectivity index (χ0n) is 22.7. The van der Waals surface area contributed by atoms with Gasteiger partial charge >= 0.3 is 24.6 Å². The van der Waals surface area contributed by atoms with Gasteiger partial charge in [-0.2, -0.15) is 39.5 Å². The summed E-state index contributed by atoms with van der Waals surface area (Å²) in [4.78, 5) is 13.9. The molecule has 1 fully saturated rings. The van der Waals surface area contributed by atoms with Crippen LogP contribution in [0.3, 0.4) is 0 Å². The summed E-state index contributed by atoms with van der Waals surface area (Å²) >= 11 is 0. The largest absolute Gasteiger partial charge is 0.430 e. The van der Waals surface area contributed by atoms with E-state index in [0.717, 1.165) is 12.1 Å². The Kier molecular flexibility index (Phi) is 9.98. The van der Waals surface area contributed by atoms with Crippen molar-refractivity contribution in [2.75, 3.05) is 25.0 Å². The number of carbonyl (C=O) groups is 1. The van der Waals surface area contributed by atoms with Crippen molar-refractivity contribution in [1.29, 1.82) is 0 Å². The maximum absolute atomic E-state index is 14.6. The number of aliphatic hydroxyl groups is 1. The number of nitrogens with two attached hydrogens (primary N) is 1. The maximum Gasteiger partial charge on any atom is 0.430 e. The highest BCUT2D eigenvalue weighted by Crippen LogP contribution is 2.50. The third-order valence-corrected chi connectivity index (χ3v) is 7.38. The minimum Gasteiger partial charge on any atom is -0.369 e. The zero-order chi connectivity index (χ0) is 32.4. The Hall–Kier alpha value is -3.11. The van der Waals surface area contributed by atoms with Gasteiger partial charge in [0.05, 0.1) is 5.69 Å². The number of hydrogen-bond acceptors (Lipinski definition) is 4. The lowest BCUT2D eigenvalue weighted by atomic mass is 9.89. The van der Waals surface area contributed by atoms with Crippen LogP contribution in [0.2, 0.25) is 0 Å². The predicted molar refractivity (Wildman–Crippen MR) is 136 cm³/mol. The molecule has 1 aliphatic heterocycles. The monoisotopic (exact) mass is 632 g/mol. The molecule has 1 aliphatic rings. The molecule has 240 valence electrons. The molecule has 0 bridgehead atoms. The summed E-state index contributed by atoms with van der Waals surface area (Å²) in [7, 11) is 0. The van der Waals surface area contributed by atoms with Crippen LogP contribution in [0.5, 0.6) is 0 Å². The number of halogens is 10. The van der Waals surface area contributed by atoms with Gasteiger partial charge in [0.1, 0.15) is 11.4 Å². The molecular weight excluding hydrogens is 602 g/mol. The molecule has 1 unspecified atom stereocenters. The van der Waals surface area contributed by atoms with Gasteiger partial charge in [0, 0.05) is 18.7 Å². The van der Waals surface area contributed by atoms with Crippen molar-refractivity contribution in [3.05, 3.63) is 65.0 Å². The van der Waals surface area contributed by atoms with Crippen LogP contribution in [0.1, 0.15) is 36.5 Å². The van der Waals surface area contributed by atoms with Crippen LogP contribution in [0, 0.1) is 11.7 Å². The highest BCUT2D eigenvalue weighted by atomic mass is 19.4. The number of benzene rings is 2. The fourth-order valence-corrected chi connectivity index (χ4v) is 4.60. The van der Waals surface area contributed by atoms with Crippen LogP contribution < -0.4 is 16.4 Å². The van der Waals surface area contributed by atoms with Gasteiger partial charge in [0.2, 0.25) is 0 Å². The molecule has 2 aromatic rings. The Bertz CT molecular complexity index is 1240. The van der Waals surface area contributed by atoms with Gasteiger partial charge in [-0.1, -0.05) is 30.3 Å². The van der Waals surface area contributed by atoms with E-state index < -0.39 is 53.6 Å². The second kappa shape index (κ2) is 12.5. The summed E-state index contributed by atoms with van der Waals surface area (Å²) in [5.74, 6) is -0.652. The molecule has 3 rings (SSSR count). The number of alkyl halides is 9. The van der Waals surface area contributed by atoms with E-state index in [1.165, 1.54) is 12.1 Å². The van der Waals surface area contributed by atoms with Crippen LogP contribution in [-0.2, 0) is 18.6 Å². The van der Waals surface area contributed by atoms with E-state index in [1.54, 1.807) is 6.07 Å². The number of nitrogens with one attached hydrogen (secondary N) is 2. The van der Waals surface area contributed by atoms with E-state index in [1.807, 2.05) is 10.2 Å². The lowest BCUT2D eigenvalue weighted by Gasteiger charge is -2.33. The van der Waals surface area contributed by atoms with Crippen molar-refractivity contribution in [1.82, 2.24) is 10.2 Å². The number of likely N-dealkylation sites (tertiary alicyclic amines) is 1. The Morgan fingerprint density at radius 3 is 1.93 bits per heavy atom. The average Bonchev–Trinajstić information content (AvgIpc) is 2.88. The molecule has 1 saturated heterocycles. The van der Waals surface area contributed by atoms with Gasteiger partial charge in [-0.05, 0) is 68.5 Å². The minimum atomic E-state index is -5.96. The van der Waals surface area contributed by atoms with Crippen molar-refractivity contribution in [3.8, 4) is 0 Å². The normalized spacial score (nSPS) is 17.4. The zero-order valence-corrected chi connectivity index (χ0v) is 22.7. The molecule has 0 spiro atoms. The summed E-state index contributed by atoms with van der Waals surface area (Å²) in [6, 6.07) is 6.42. The van der Waals surface area contributed by atoms with Crippen molar-refractivity contribution in [2.45, 2.75) is 62.4 Å². The van der Waals surface area contributed by atoms with Crippen LogP contribution in [0.25, 0.3) is 0 Å².